The van der Waals surface area contributed by atoms with E-state index in [0.29, 0.717) is 31.9 Å². The first kappa shape index (κ1) is 14.9. The number of halogens is 1. The van der Waals surface area contributed by atoms with Crippen LogP contribution in [0.3, 0.4) is 0 Å². The molecule has 2 N–H and O–H groups in total. The van der Waals surface area contributed by atoms with E-state index in [1.807, 2.05) is 26.8 Å². The van der Waals surface area contributed by atoms with E-state index in [1.54, 1.807) is 0 Å². The summed E-state index contributed by atoms with van der Waals surface area (Å²) in [5.41, 5.74) is 6.11. The summed E-state index contributed by atoms with van der Waals surface area (Å²) in [5.74, 6) is 0.226. The summed E-state index contributed by atoms with van der Waals surface area (Å²) < 4.78 is 24.3. The zero-order valence-corrected chi connectivity index (χ0v) is 11.3. The monoisotopic (exact) mass is 255 g/mol. The van der Waals surface area contributed by atoms with Crippen molar-refractivity contribution in [3.63, 3.8) is 0 Å². The van der Waals surface area contributed by atoms with Gasteiger partial charge in [0, 0.05) is 6.07 Å². The van der Waals surface area contributed by atoms with Crippen LogP contribution in [0.2, 0.25) is 0 Å². The van der Waals surface area contributed by atoms with Gasteiger partial charge < -0.3 is 15.2 Å². The van der Waals surface area contributed by atoms with Gasteiger partial charge in [0.05, 0.1) is 12.2 Å². The Morgan fingerprint density at radius 3 is 2.50 bits per heavy atom. The second kappa shape index (κ2) is 6.71. The van der Waals surface area contributed by atoms with Gasteiger partial charge in [-0.25, -0.2) is 4.39 Å². The summed E-state index contributed by atoms with van der Waals surface area (Å²) in [7, 11) is 0. The molecule has 3 nitrogen and oxygen atoms in total. The maximum Gasteiger partial charge on any atom is 0.127 e. The minimum atomic E-state index is -0.298. The molecule has 0 heterocycles. The molecule has 0 saturated heterocycles. The molecule has 18 heavy (non-hydrogen) atoms. The smallest absolute Gasteiger partial charge is 0.127 e. The molecule has 4 heteroatoms. The van der Waals surface area contributed by atoms with Crippen LogP contribution in [0.5, 0.6) is 5.75 Å². The van der Waals surface area contributed by atoms with Crippen LogP contribution >= 0.6 is 0 Å². The molecular weight excluding hydrogens is 233 g/mol. The number of benzene rings is 1. The molecule has 102 valence electrons. The topological polar surface area (TPSA) is 44.5 Å². The van der Waals surface area contributed by atoms with Gasteiger partial charge in [-0.2, -0.15) is 0 Å². The third-order valence-corrected chi connectivity index (χ3v) is 2.25. The predicted molar refractivity (Wildman–Crippen MR) is 70.4 cm³/mol. The van der Waals surface area contributed by atoms with Gasteiger partial charge in [0.1, 0.15) is 18.2 Å². The van der Waals surface area contributed by atoms with Crippen LogP contribution < -0.4 is 10.5 Å². The number of ether oxygens (including phenoxy) is 2. The Balaban J connectivity index is 2.46. The summed E-state index contributed by atoms with van der Waals surface area (Å²) in [4.78, 5) is 0. The average molecular weight is 255 g/mol. The van der Waals surface area contributed by atoms with E-state index in [9.17, 15) is 4.39 Å². The first-order chi connectivity index (χ1) is 8.40. The highest BCUT2D eigenvalue weighted by Gasteiger charge is 2.09. The Bertz CT molecular complexity index is 375. The number of hydrogen-bond donors (Lipinski definition) is 1. The summed E-state index contributed by atoms with van der Waals surface area (Å²) in [6.07, 6.45) is 0.645. The highest BCUT2D eigenvalue weighted by Crippen LogP contribution is 2.17. The molecule has 0 atom stereocenters. The van der Waals surface area contributed by atoms with Crippen molar-refractivity contribution in [1.29, 1.82) is 0 Å². The van der Waals surface area contributed by atoms with Crippen molar-refractivity contribution in [1.82, 2.24) is 0 Å². The lowest BCUT2D eigenvalue weighted by Crippen LogP contribution is -2.22. The van der Waals surface area contributed by atoms with Crippen LogP contribution in [0.25, 0.3) is 0 Å². The summed E-state index contributed by atoms with van der Waals surface area (Å²) >= 11 is 0. The van der Waals surface area contributed by atoms with E-state index in [2.05, 4.69) is 0 Å². The van der Waals surface area contributed by atoms with Crippen molar-refractivity contribution in [3.8, 4) is 5.75 Å². The normalized spacial score (nSPS) is 11.6. The van der Waals surface area contributed by atoms with Gasteiger partial charge in [0.25, 0.3) is 0 Å². The zero-order valence-electron chi connectivity index (χ0n) is 11.3. The van der Waals surface area contributed by atoms with Gasteiger partial charge in [-0.3, -0.25) is 0 Å². The molecule has 0 fully saturated rings. The van der Waals surface area contributed by atoms with Crippen LogP contribution in [-0.4, -0.2) is 25.4 Å². The second-order valence-corrected chi connectivity index (χ2v) is 5.14. The minimum Gasteiger partial charge on any atom is -0.491 e. The van der Waals surface area contributed by atoms with Gasteiger partial charge >= 0.3 is 0 Å². The Kier molecular flexibility index (Phi) is 5.56. The molecule has 0 aromatic heterocycles. The van der Waals surface area contributed by atoms with E-state index < -0.39 is 0 Å². The maximum absolute atomic E-state index is 13.3. The van der Waals surface area contributed by atoms with Crippen molar-refractivity contribution in [2.45, 2.75) is 32.8 Å². The highest BCUT2D eigenvalue weighted by atomic mass is 19.1. The minimum absolute atomic E-state index is 0.185. The molecule has 0 spiro atoms. The third kappa shape index (κ3) is 5.98. The molecule has 0 amide bonds. The summed E-state index contributed by atoms with van der Waals surface area (Å²) in [5, 5.41) is 0. The zero-order chi connectivity index (χ0) is 13.6. The lowest BCUT2D eigenvalue weighted by molar-refractivity contribution is -0.0163. The fourth-order valence-electron chi connectivity index (χ4n) is 1.52. The van der Waals surface area contributed by atoms with Crippen LogP contribution in [-0.2, 0) is 11.2 Å². The molecular formula is C14H22FNO2. The van der Waals surface area contributed by atoms with Crippen molar-refractivity contribution in [2.24, 2.45) is 5.73 Å². The fourth-order valence-corrected chi connectivity index (χ4v) is 1.52. The van der Waals surface area contributed by atoms with Crippen molar-refractivity contribution in [3.05, 3.63) is 29.6 Å². The van der Waals surface area contributed by atoms with Gasteiger partial charge in [0.2, 0.25) is 0 Å². The van der Waals surface area contributed by atoms with Crippen LogP contribution in [0, 0.1) is 5.82 Å². The molecule has 0 unspecified atom stereocenters. The van der Waals surface area contributed by atoms with E-state index in [1.165, 1.54) is 12.1 Å². The Labute approximate surface area is 108 Å². The van der Waals surface area contributed by atoms with Gasteiger partial charge in [-0.05, 0) is 51.4 Å². The fraction of sp³-hybridized carbons (Fsp3) is 0.571. The van der Waals surface area contributed by atoms with Crippen LogP contribution in [0.15, 0.2) is 18.2 Å². The predicted octanol–water partition coefficient (Wildman–Crippen LogP) is 2.52. The molecule has 1 aromatic carbocycles. The Hall–Kier alpha value is -1.13. The van der Waals surface area contributed by atoms with E-state index in [4.69, 9.17) is 15.2 Å². The molecule has 0 aliphatic rings. The Morgan fingerprint density at radius 1 is 1.17 bits per heavy atom. The summed E-state index contributed by atoms with van der Waals surface area (Å²) in [6, 6.07) is 4.66. The molecule has 0 aliphatic carbocycles. The van der Waals surface area contributed by atoms with Gasteiger partial charge in [-0.15, -0.1) is 0 Å². The van der Waals surface area contributed by atoms with Crippen molar-refractivity contribution < 1.29 is 13.9 Å². The van der Waals surface area contributed by atoms with Gasteiger partial charge in [0.15, 0.2) is 0 Å². The van der Waals surface area contributed by atoms with Gasteiger partial charge in [-0.1, -0.05) is 0 Å². The third-order valence-electron chi connectivity index (χ3n) is 2.25. The molecule has 0 radical (unpaired) electrons. The lowest BCUT2D eigenvalue weighted by Gasteiger charge is -2.19. The molecule has 0 aliphatic heterocycles. The summed E-state index contributed by atoms with van der Waals surface area (Å²) in [6.45, 7) is 7.32. The first-order valence-electron chi connectivity index (χ1n) is 6.17. The van der Waals surface area contributed by atoms with E-state index in [-0.39, 0.29) is 11.4 Å². The first-order valence-corrected chi connectivity index (χ1v) is 6.17. The lowest BCUT2D eigenvalue weighted by atomic mass is 10.1. The maximum atomic E-state index is 13.3. The second-order valence-electron chi connectivity index (χ2n) is 5.14. The van der Waals surface area contributed by atoms with Crippen molar-refractivity contribution >= 4 is 0 Å². The molecule has 1 aromatic rings. The molecule has 0 bridgehead atoms. The van der Waals surface area contributed by atoms with E-state index >= 15 is 0 Å². The SMILES string of the molecule is CC(C)(C)OCCOc1cc(F)cc(CCN)c1. The largest absolute Gasteiger partial charge is 0.491 e. The number of rotatable bonds is 6. The average Bonchev–Trinajstić information content (AvgIpc) is 2.23. The standard InChI is InChI=1S/C14H22FNO2/c1-14(2,3)18-7-6-17-13-9-11(4-5-16)8-12(15)10-13/h8-10H,4-7,16H2,1-3H3. The molecule has 0 saturated carbocycles. The van der Waals surface area contributed by atoms with Crippen LogP contribution in [0.4, 0.5) is 4.39 Å². The van der Waals surface area contributed by atoms with Crippen LogP contribution in [0.1, 0.15) is 26.3 Å². The number of hydrogen-bond acceptors (Lipinski definition) is 3. The Morgan fingerprint density at radius 2 is 1.89 bits per heavy atom. The quantitative estimate of drug-likeness (QED) is 0.794. The van der Waals surface area contributed by atoms with E-state index in [0.717, 1.165) is 5.56 Å². The highest BCUT2D eigenvalue weighted by molar-refractivity contribution is 5.29. The molecule has 1 rings (SSSR count). The number of nitrogens with two attached hydrogens (primary N) is 1. The van der Waals surface area contributed by atoms with Crippen molar-refractivity contribution in [2.75, 3.05) is 19.8 Å².